The van der Waals surface area contributed by atoms with Gasteiger partial charge < -0.3 is 4.42 Å². The molecule has 4 nitrogen and oxygen atoms in total. The maximum Gasteiger partial charge on any atom is 0.407 e. The maximum atomic E-state index is 13.1. The van der Waals surface area contributed by atoms with Crippen LogP contribution in [0.3, 0.4) is 0 Å². The molecule has 0 bridgehead atoms. The molecular formula is C13H14F3N3O. The lowest BCUT2D eigenvalue weighted by molar-refractivity contribution is -0.158. The second kappa shape index (κ2) is 5.62. The first-order valence-corrected chi connectivity index (χ1v) is 6.02. The highest BCUT2D eigenvalue weighted by molar-refractivity contribution is 5.26. The number of nitrogens with zero attached hydrogens (tertiary/aromatic N) is 2. The molecule has 0 fully saturated rings. The number of rotatable bonds is 4. The van der Waals surface area contributed by atoms with Crippen molar-refractivity contribution in [3.63, 3.8) is 0 Å². The molecule has 0 saturated carbocycles. The van der Waals surface area contributed by atoms with Crippen molar-refractivity contribution < 1.29 is 17.6 Å². The van der Waals surface area contributed by atoms with Gasteiger partial charge in [0.1, 0.15) is 6.04 Å². The fourth-order valence-corrected chi connectivity index (χ4v) is 1.87. The zero-order valence-electron chi connectivity index (χ0n) is 11.0. The van der Waals surface area contributed by atoms with E-state index in [1.807, 2.05) is 0 Å². The normalized spacial score (nSPS) is 13.4. The Bertz CT molecular complexity index is 580. The summed E-state index contributed by atoms with van der Waals surface area (Å²) >= 11 is 0. The van der Waals surface area contributed by atoms with Crippen molar-refractivity contribution in [3.8, 4) is 0 Å². The van der Waals surface area contributed by atoms with Gasteiger partial charge in [0.25, 0.3) is 0 Å². The lowest BCUT2D eigenvalue weighted by Crippen LogP contribution is -2.34. The van der Waals surface area contributed by atoms with E-state index in [1.165, 1.54) is 12.1 Å². The molecule has 0 unspecified atom stereocenters. The van der Waals surface area contributed by atoms with Crippen LogP contribution >= 0.6 is 0 Å². The summed E-state index contributed by atoms with van der Waals surface area (Å²) in [6.45, 7) is 3.19. The van der Waals surface area contributed by atoms with Crippen molar-refractivity contribution >= 4 is 0 Å². The minimum absolute atomic E-state index is 0.129. The van der Waals surface area contributed by atoms with E-state index in [0.717, 1.165) is 5.56 Å². The molecular weight excluding hydrogens is 271 g/mol. The van der Waals surface area contributed by atoms with Crippen LogP contribution in [0.1, 0.15) is 29.0 Å². The summed E-state index contributed by atoms with van der Waals surface area (Å²) in [6.07, 6.45) is -4.40. The molecule has 1 aromatic heterocycles. The molecule has 0 radical (unpaired) electrons. The van der Waals surface area contributed by atoms with Crippen molar-refractivity contribution in [2.24, 2.45) is 0 Å². The van der Waals surface area contributed by atoms with Crippen LogP contribution in [0.5, 0.6) is 0 Å². The van der Waals surface area contributed by atoms with Crippen molar-refractivity contribution in [3.05, 3.63) is 47.2 Å². The molecule has 2 aromatic rings. The smallest absolute Gasteiger partial charge is 0.407 e. The third-order valence-electron chi connectivity index (χ3n) is 2.73. The molecule has 2 rings (SSSR count). The van der Waals surface area contributed by atoms with Gasteiger partial charge in [-0.25, -0.2) is 0 Å². The van der Waals surface area contributed by atoms with E-state index in [1.54, 1.807) is 26.0 Å². The van der Waals surface area contributed by atoms with Gasteiger partial charge in [0.05, 0.1) is 6.54 Å². The summed E-state index contributed by atoms with van der Waals surface area (Å²) in [7, 11) is 0. The third-order valence-corrected chi connectivity index (χ3v) is 2.73. The molecule has 20 heavy (non-hydrogen) atoms. The second-order valence-corrected chi connectivity index (χ2v) is 4.48. The van der Waals surface area contributed by atoms with Gasteiger partial charge in [-0.05, 0) is 12.5 Å². The molecule has 0 aliphatic rings. The monoisotopic (exact) mass is 285 g/mol. The fourth-order valence-electron chi connectivity index (χ4n) is 1.87. The van der Waals surface area contributed by atoms with Gasteiger partial charge in [-0.15, -0.1) is 10.2 Å². The first-order valence-electron chi connectivity index (χ1n) is 6.02. The van der Waals surface area contributed by atoms with Crippen LogP contribution in [-0.4, -0.2) is 16.4 Å². The van der Waals surface area contributed by atoms with Gasteiger partial charge in [-0.2, -0.15) is 13.2 Å². The van der Waals surface area contributed by atoms with E-state index in [0.29, 0.717) is 5.89 Å². The van der Waals surface area contributed by atoms with E-state index >= 15 is 0 Å². The standard InChI is InChI=1S/C13H14F3N3O/c1-8-4-3-5-10(6-8)12(13(14,15)16)17-7-11-19-18-9(2)20-11/h3-6,12,17H,7H2,1-2H3/t12-/m0/s1. The van der Waals surface area contributed by atoms with Crippen LogP contribution in [0.15, 0.2) is 28.7 Å². The predicted octanol–water partition coefficient (Wildman–Crippen LogP) is 3.08. The van der Waals surface area contributed by atoms with E-state index in [2.05, 4.69) is 15.5 Å². The molecule has 108 valence electrons. The second-order valence-electron chi connectivity index (χ2n) is 4.48. The van der Waals surface area contributed by atoms with Gasteiger partial charge in [0.2, 0.25) is 11.8 Å². The largest absolute Gasteiger partial charge is 0.424 e. The Hall–Kier alpha value is -1.89. The SMILES string of the molecule is Cc1cccc([C@H](NCc2nnc(C)o2)C(F)(F)F)c1. The van der Waals surface area contributed by atoms with Gasteiger partial charge in [0.15, 0.2) is 0 Å². The Balaban J connectivity index is 2.16. The van der Waals surface area contributed by atoms with Crippen molar-refractivity contribution in [2.75, 3.05) is 0 Å². The Kier molecular flexibility index (Phi) is 4.08. The molecule has 1 aromatic carbocycles. The molecule has 7 heteroatoms. The van der Waals surface area contributed by atoms with Crippen LogP contribution in [0.25, 0.3) is 0 Å². The number of aryl methyl sites for hydroxylation is 2. The fraction of sp³-hybridized carbons (Fsp3) is 0.385. The molecule has 0 spiro atoms. The summed E-state index contributed by atoms with van der Waals surface area (Å²) in [6, 6.07) is 4.52. The first kappa shape index (κ1) is 14.5. The quantitative estimate of drug-likeness (QED) is 0.938. The minimum Gasteiger partial charge on any atom is -0.424 e. The molecule has 0 amide bonds. The molecule has 1 atom stereocenters. The number of nitrogens with one attached hydrogen (secondary N) is 1. The molecule has 1 N–H and O–H groups in total. The Morgan fingerprint density at radius 1 is 1.25 bits per heavy atom. The zero-order chi connectivity index (χ0) is 14.8. The lowest BCUT2D eigenvalue weighted by Gasteiger charge is -2.21. The summed E-state index contributed by atoms with van der Waals surface area (Å²) in [5.74, 6) is 0.449. The summed E-state index contributed by atoms with van der Waals surface area (Å²) < 4.78 is 44.4. The van der Waals surface area contributed by atoms with Gasteiger partial charge >= 0.3 is 6.18 Å². The predicted molar refractivity (Wildman–Crippen MR) is 65.8 cm³/mol. The number of alkyl halides is 3. The molecule has 1 heterocycles. The highest BCUT2D eigenvalue weighted by Crippen LogP contribution is 2.33. The summed E-state index contributed by atoms with van der Waals surface area (Å²) in [4.78, 5) is 0. The average molecular weight is 285 g/mol. The Morgan fingerprint density at radius 2 is 2.00 bits per heavy atom. The topological polar surface area (TPSA) is 51.0 Å². The van der Waals surface area contributed by atoms with Gasteiger partial charge in [0, 0.05) is 6.92 Å². The summed E-state index contributed by atoms with van der Waals surface area (Å²) in [5, 5.41) is 9.65. The number of halogens is 3. The Morgan fingerprint density at radius 3 is 2.55 bits per heavy atom. The van der Waals surface area contributed by atoms with Crippen molar-refractivity contribution in [1.82, 2.24) is 15.5 Å². The minimum atomic E-state index is -4.40. The lowest BCUT2D eigenvalue weighted by atomic mass is 10.0. The maximum absolute atomic E-state index is 13.1. The Labute approximate surface area is 114 Å². The third kappa shape index (κ3) is 3.57. The highest BCUT2D eigenvalue weighted by Gasteiger charge is 2.40. The van der Waals surface area contributed by atoms with Crippen LogP contribution in [0.4, 0.5) is 13.2 Å². The van der Waals surface area contributed by atoms with Gasteiger partial charge in [-0.3, -0.25) is 5.32 Å². The van der Waals surface area contributed by atoms with E-state index in [-0.39, 0.29) is 18.0 Å². The van der Waals surface area contributed by atoms with Crippen LogP contribution in [0.2, 0.25) is 0 Å². The van der Waals surface area contributed by atoms with Gasteiger partial charge in [-0.1, -0.05) is 29.8 Å². The molecule has 0 saturated heterocycles. The highest BCUT2D eigenvalue weighted by atomic mass is 19.4. The molecule has 0 aliphatic heterocycles. The summed E-state index contributed by atoms with van der Waals surface area (Å²) in [5.41, 5.74) is 0.931. The van der Waals surface area contributed by atoms with Crippen LogP contribution in [0, 0.1) is 13.8 Å². The van der Waals surface area contributed by atoms with Crippen LogP contribution < -0.4 is 5.32 Å². The number of hydrogen-bond donors (Lipinski definition) is 1. The molecule has 0 aliphatic carbocycles. The van der Waals surface area contributed by atoms with E-state index < -0.39 is 12.2 Å². The number of benzene rings is 1. The van der Waals surface area contributed by atoms with E-state index in [4.69, 9.17) is 4.42 Å². The van der Waals surface area contributed by atoms with Crippen molar-refractivity contribution in [1.29, 1.82) is 0 Å². The first-order chi connectivity index (χ1) is 9.36. The average Bonchev–Trinajstić information content (AvgIpc) is 2.74. The van der Waals surface area contributed by atoms with Crippen LogP contribution in [-0.2, 0) is 6.54 Å². The van der Waals surface area contributed by atoms with Crippen molar-refractivity contribution in [2.45, 2.75) is 32.6 Å². The number of aromatic nitrogens is 2. The zero-order valence-corrected chi connectivity index (χ0v) is 11.0. The van der Waals surface area contributed by atoms with E-state index in [9.17, 15) is 13.2 Å². The number of hydrogen-bond acceptors (Lipinski definition) is 4.